The Kier molecular flexibility index (Phi) is 4.85. The molecule has 5 heteroatoms. The molecule has 4 rings (SSSR count). The summed E-state index contributed by atoms with van der Waals surface area (Å²) in [6.07, 6.45) is 9.48. The van der Waals surface area contributed by atoms with Crippen molar-refractivity contribution in [2.24, 2.45) is 0 Å². The zero-order chi connectivity index (χ0) is 18.9. The first-order valence-electron chi connectivity index (χ1n) is 9.98. The van der Waals surface area contributed by atoms with E-state index in [9.17, 15) is 14.4 Å². The van der Waals surface area contributed by atoms with Gasteiger partial charge in [-0.2, -0.15) is 0 Å². The van der Waals surface area contributed by atoms with Gasteiger partial charge in [-0.15, -0.1) is 0 Å². The molecule has 27 heavy (non-hydrogen) atoms. The molecular weight excluding hydrogens is 340 g/mol. The third-order valence-electron chi connectivity index (χ3n) is 6.22. The van der Waals surface area contributed by atoms with Gasteiger partial charge < -0.3 is 5.32 Å². The van der Waals surface area contributed by atoms with Crippen molar-refractivity contribution in [3.05, 3.63) is 47.0 Å². The highest BCUT2D eigenvalue weighted by atomic mass is 16.2. The van der Waals surface area contributed by atoms with Crippen molar-refractivity contribution in [3.8, 4) is 0 Å². The fraction of sp³-hybridized carbons (Fsp3) is 0.500. The quantitative estimate of drug-likeness (QED) is 0.643. The molecule has 1 heterocycles. The second kappa shape index (κ2) is 7.29. The van der Waals surface area contributed by atoms with Crippen LogP contribution in [-0.2, 0) is 26.2 Å². The molecule has 1 atom stereocenters. The SMILES string of the molecule is O=C(CN1C(=O)C[C@@]2(CCc3ccccc32)C1=O)NCCC1=CCCCC1. The Bertz CT molecular complexity index is 814. The molecule has 0 aromatic heterocycles. The highest BCUT2D eigenvalue weighted by molar-refractivity contribution is 6.11. The van der Waals surface area contributed by atoms with Gasteiger partial charge in [-0.25, -0.2) is 0 Å². The maximum Gasteiger partial charge on any atom is 0.240 e. The number of likely N-dealkylation sites (tertiary alicyclic amines) is 1. The maximum absolute atomic E-state index is 13.1. The predicted octanol–water partition coefficient (Wildman–Crippen LogP) is 2.64. The first kappa shape index (κ1) is 18.0. The van der Waals surface area contributed by atoms with Gasteiger partial charge in [0.05, 0.1) is 5.41 Å². The summed E-state index contributed by atoms with van der Waals surface area (Å²) < 4.78 is 0. The number of benzene rings is 1. The number of hydrogen-bond donors (Lipinski definition) is 1. The fourth-order valence-electron chi connectivity index (χ4n) is 4.75. The van der Waals surface area contributed by atoms with Crippen LogP contribution in [0.4, 0.5) is 0 Å². The van der Waals surface area contributed by atoms with Crippen LogP contribution < -0.4 is 5.32 Å². The van der Waals surface area contributed by atoms with E-state index in [2.05, 4.69) is 11.4 Å². The van der Waals surface area contributed by atoms with Crippen molar-refractivity contribution >= 4 is 17.7 Å². The Morgan fingerprint density at radius 1 is 1.15 bits per heavy atom. The molecule has 3 aliphatic rings. The molecule has 0 bridgehead atoms. The standard InChI is InChI=1S/C22H26N2O3/c25-19(23-13-11-16-6-2-1-3-7-16)15-24-20(26)14-22(21(24)27)12-10-17-8-4-5-9-18(17)22/h4-6,8-9H,1-3,7,10-15H2,(H,23,25)/t22-/m1/s1. The number of fused-ring (bicyclic) bond motifs is 2. The lowest BCUT2D eigenvalue weighted by molar-refractivity contribution is -0.143. The smallest absolute Gasteiger partial charge is 0.240 e. The molecule has 0 saturated carbocycles. The van der Waals surface area contributed by atoms with E-state index in [1.807, 2.05) is 24.3 Å². The molecule has 1 saturated heterocycles. The van der Waals surface area contributed by atoms with Crippen LogP contribution in [-0.4, -0.2) is 35.7 Å². The van der Waals surface area contributed by atoms with Gasteiger partial charge in [0.25, 0.3) is 0 Å². The average Bonchev–Trinajstić information content (AvgIpc) is 3.16. The highest BCUT2D eigenvalue weighted by Gasteiger charge is 2.55. The van der Waals surface area contributed by atoms with Gasteiger partial charge in [0.15, 0.2) is 0 Å². The molecule has 1 aliphatic heterocycles. The normalized spacial score (nSPS) is 24.3. The molecule has 142 valence electrons. The minimum Gasteiger partial charge on any atom is -0.354 e. The van der Waals surface area contributed by atoms with Crippen molar-refractivity contribution in [1.82, 2.24) is 10.2 Å². The molecule has 5 nitrogen and oxygen atoms in total. The van der Waals surface area contributed by atoms with Crippen LogP contribution in [0.15, 0.2) is 35.9 Å². The van der Waals surface area contributed by atoms with E-state index >= 15 is 0 Å². The van der Waals surface area contributed by atoms with Crippen LogP contribution in [0.1, 0.15) is 56.1 Å². The van der Waals surface area contributed by atoms with Crippen LogP contribution in [0.25, 0.3) is 0 Å². The molecule has 1 aromatic rings. The molecule has 3 amide bonds. The first-order valence-corrected chi connectivity index (χ1v) is 9.98. The molecule has 1 aromatic carbocycles. The molecule has 0 radical (unpaired) electrons. The number of allylic oxidation sites excluding steroid dienone is 1. The van der Waals surface area contributed by atoms with Gasteiger partial charge >= 0.3 is 0 Å². The lowest BCUT2D eigenvalue weighted by Gasteiger charge is -2.22. The van der Waals surface area contributed by atoms with E-state index in [-0.39, 0.29) is 30.7 Å². The third kappa shape index (κ3) is 3.31. The Balaban J connectivity index is 1.37. The van der Waals surface area contributed by atoms with E-state index in [0.717, 1.165) is 41.7 Å². The molecular formula is C22H26N2O3. The number of amides is 3. The number of carbonyl (C=O) groups is 3. The summed E-state index contributed by atoms with van der Waals surface area (Å²) in [6, 6.07) is 7.86. The van der Waals surface area contributed by atoms with E-state index in [4.69, 9.17) is 0 Å². The Morgan fingerprint density at radius 3 is 2.81 bits per heavy atom. The van der Waals surface area contributed by atoms with Crippen molar-refractivity contribution in [1.29, 1.82) is 0 Å². The minimum absolute atomic E-state index is 0.166. The summed E-state index contributed by atoms with van der Waals surface area (Å²) >= 11 is 0. The summed E-state index contributed by atoms with van der Waals surface area (Å²) in [7, 11) is 0. The number of imide groups is 1. The molecule has 1 fully saturated rings. The summed E-state index contributed by atoms with van der Waals surface area (Å²) in [5.41, 5.74) is 2.76. The molecule has 0 unspecified atom stereocenters. The van der Waals surface area contributed by atoms with Crippen LogP contribution in [0.2, 0.25) is 0 Å². The van der Waals surface area contributed by atoms with Crippen LogP contribution in [0, 0.1) is 0 Å². The second-order valence-corrected chi connectivity index (χ2v) is 7.91. The van der Waals surface area contributed by atoms with Gasteiger partial charge in [-0.1, -0.05) is 35.9 Å². The number of aryl methyl sites for hydroxylation is 1. The average molecular weight is 366 g/mol. The van der Waals surface area contributed by atoms with Crippen LogP contribution >= 0.6 is 0 Å². The molecule has 2 aliphatic carbocycles. The summed E-state index contributed by atoms with van der Waals surface area (Å²) in [5.74, 6) is -0.694. The van der Waals surface area contributed by atoms with Crippen LogP contribution in [0.5, 0.6) is 0 Å². The van der Waals surface area contributed by atoms with E-state index < -0.39 is 5.41 Å². The van der Waals surface area contributed by atoms with Gasteiger partial charge in [0, 0.05) is 13.0 Å². The number of nitrogens with one attached hydrogen (secondary N) is 1. The van der Waals surface area contributed by atoms with Crippen molar-refractivity contribution < 1.29 is 14.4 Å². The van der Waals surface area contributed by atoms with Gasteiger partial charge in [-0.05, 0) is 56.1 Å². The van der Waals surface area contributed by atoms with E-state index in [1.165, 1.54) is 18.4 Å². The summed E-state index contributed by atoms with van der Waals surface area (Å²) in [5, 5.41) is 2.87. The van der Waals surface area contributed by atoms with Gasteiger partial charge in [0.2, 0.25) is 17.7 Å². The lowest BCUT2D eigenvalue weighted by Crippen LogP contribution is -2.43. The molecule has 1 N–H and O–H groups in total. The second-order valence-electron chi connectivity index (χ2n) is 7.91. The number of rotatable bonds is 5. The number of hydrogen-bond acceptors (Lipinski definition) is 3. The Labute approximate surface area is 159 Å². The molecule has 1 spiro atoms. The van der Waals surface area contributed by atoms with Crippen molar-refractivity contribution in [2.45, 2.75) is 56.8 Å². The zero-order valence-electron chi connectivity index (χ0n) is 15.6. The Hall–Kier alpha value is -2.43. The number of carbonyl (C=O) groups excluding carboxylic acids is 3. The lowest BCUT2D eigenvalue weighted by atomic mass is 9.80. The van der Waals surface area contributed by atoms with Crippen LogP contribution in [0.3, 0.4) is 0 Å². The summed E-state index contributed by atoms with van der Waals surface area (Å²) in [4.78, 5) is 39.1. The largest absolute Gasteiger partial charge is 0.354 e. The van der Waals surface area contributed by atoms with E-state index in [1.54, 1.807) is 0 Å². The fourth-order valence-corrected chi connectivity index (χ4v) is 4.75. The topological polar surface area (TPSA) is 66.5 Å². The maximum atomic E-state index is 13.1. The van der Waals surface area contributed by atoms with Gasteiger partial charge in [-0.3, -0.25) is 19.3 Å². The third-order valence-corrected chi connectivity index (χ3v) is 6.22. The summed E-state index contributed by atoms with van der Waals surface area (Å²) in [6.45, 7) is 0.398. The Morgan fingerprint density at radius 2 is 2.00 bits per heavy atom. The predicted molar refractivity (Wildman–Crippen MR) is 102 cm³/mol. The van der Waals surface area contributed by atoms with Crippen molar-refractivity contribution in [3.63, 3.8) is 0 Å². The monoisotopic (exact) mass is 366 g/mol. The van der Waals surface area contributed by atoms with E-state index in [0.29, 0.717) is 13.0 Å². The first-order chi connectivity index (χ1) is 13.1. The van der Waals surface area contributed by atoms with Crippen molar-refractivity contribution in [2.75, 3.05) is 13.1 Å². The number of nitrogens with zero attached hydrogens (tertiary/aromatic N) is 1. The zero-order valence-corrected chi connectivity index (χ0v) is 15.6. The highest BCUT2D eigenvalue weighted by Crippen LogP contribution is 2.46. The van der Waals surface area contributed by atoms with Gasteiger partial charge in [0.1, 0.15) is 6.54 Å². The minimum atomic E-state index is -0.749.